The number of amides is 1. The van der Waals surface area contributed by atoms with Crippen molar-refractivity contribution in [3.05, 3.63) is 29.3 Å². The highest BCUT2D eigenvalue weighted by molar-refractivity contribution is 5.95. The maximum Gasteiger partial charge on any atom is 0.231 e. The van der Waals surface area contributed by atoms with Crippen LogP contribution in [0.2, 0.25) is 0 Å². The van der Waals surface area contributed by atoms with Gasteiger partial charge in [-0.3, -0.25) is 4.79 Å². The normalized spacial score (nSPS) is 28.2. The molecule has 1 fully saturated rings. The minimum absolute atomic E-state index is 0.120. The molecule has 0 spiro atoms. The molecule has 3 nitrogen and oxygen atoms in total. The van der Waals surface area contributed by atoms with Crippen LogP contribution < -0.4 is 11.1 Å². The predicted molar refractivity (Wildman–Crippen MR) is 86.2 cm³/mol. The number of carbonyl (C=O) groups excluding carboxylic acids is 1. The second-order valence-corrected chi connectivity index (χ2v) is 6.96. The van der Waals surface area contributed by atoms with Crippen molar-refractivity contribution in [1.82, 2.24) is 0 Å². The standard InChI is InChI=1S/C18H26N2O/c1-13-7-9-18(12-19,10-8-13)17(21)20-16-6-5-14-3-2-4-15(14)11-16/h5-6,11,13H,2-4,7-10,12,19H2,1H3,(H,20,21). The molecule has 1 aromatic carbocycles. The summed E-state index contributed by atoms with van der Waals surface area (Å²) in [6, 6.07) is 6.35. The first-order chi connectivity index (χ1) is 10.1. The van der Waals surface area contributed by atoms with E-state index < -0.39 is 0 Å². The van der Waals surface area contributed by atoms with E-state index in [-0.39, 0.29) is 11.3 Å². The fourth-order valence-electron chi connectivity index (χ4n) is 3.75. The van der Waals surface area contributed by atoms with E-state index in [4.69, 9.17) is 5.73 Å². The number of rotatable bonds is 3. The molecule has 0 radical (unpaired) electrons. The maximum atomic E-state index is 12.7. The smallest absolute Gasteiger partial charge is 0.231 e. The van der Waals surface area contributed by atoms with Crippen molar-refractivity contribution in [2.24, 2.45) is 17.1 Å². The van der Waals surface area contributed by atoms with Gasteiger partial charge in [0.2, 0.25) is 5.91 Å². The van der Waals surface area contributed by atoms with Crippen LogP contribution in [0.4, 0.5) is 5.69 Å². The molecule has 0 aromatic heterocycles. The zero-order valence-corrected chi connectivity index (χ0v) is 13.0. The van der Waals surface area contributed by atoms with Crippen molar-refractivity contribution in [1.29, 1.82) is 0 Å². The summed E-state index contributed by atoms with van der Waals surface area (Å²) < 4.78 is 0. The van der Waals surface area contributed by atoms with Crippen molar-refractivity contribution >= 4 is 11.6 Å². The van der Waals surface area contributed by atoms with E-state index in [0.717, 1.165) is 43.7 Å². The number of nitrogens with one attached hydrogen (secondary N) is 1. The number of carbonyl (C=O) groups is 1. The molecule has 2 aliphatic carbocycles. The molecule has 3 rings (SSSR count). The molecule has 0 atom stereocenters. The number of aryl methyl sites for hydroxylation is 2. The molecule has 21 heavy (non-hydrogen) atoms. The van der Waals surface area contributed by atoms with Gasteiger partial charge in [-0.05, 0) is 74.1 Å². The first-order valence-corrected chi connectivity index (χ1v) is 8.26. The Hall–Kier alpha value is -1.35. The van der Waals surface area contributed by atoms with Gasteiger partial charge in [0.15, 0.2) is 0 Å². The third kappa shape index (κ3) is 2.84. The average molecular weight is 286 g/mol. The van der Waals surface area contributed by atoms with Crippen LogP contribution in [0.1, 0.15) is 50.2 Å². The van der Waals surface area contributed by atoms with E-state index in [0.29, 0.717) is 6.54 Å². The lowest BCUT2D eigenvalue weighted by Gasteiger charge is -2.37. The predicted octanol–water partition coefficient (Wildman–Crippen LogP) is 3.27. The Morgan fingerprint density at radius 1 is 1.29 bits per heavy atom. The van der Waals surface area contributed by atoms with Crippen molar-refractivity contribution in [3.63, 3.8) is 0 Å². The first kappa shape index (κ1) is 14.6. The summed E-state index contributed by atoms with van der Waals surface area (Å²) in [5.74, 6) is 0.840. The Morgan fingerprint density at radius 2 is 2.00 bits per heavy atom. The molecular weight excluding hydrogens is 260 g/mol. The second kappa shape index (κ2) is 5.80. The van der Waals surface area contributed by atoms with E-state index in [1.54, 1.807) is 0 Å². The van der Waals surface area contributed by atoms with Gasteiger partial charge in [0, 0.05) is 12.2 Å². The molecule has 0 bridgehead atoms. The van der Waals surface area contributed by atoms with Crippen molar-refractivity contribution in [3.8, 4) is 0 Å². The highest BCUT2D eigenvalue weighted by Gasteiger charge is 2.39. The zero-order chi connectivity index (χ0) is 14.9. The molecule has 0 aliphatic heterocycles. The lowest BCUT2D eigenvalue weighted by molar-refractivity contribution is -0.127. The van der Waals surface area contributed by atoms with Crippen molar-refractivity contribution in [2.75, 3.05) is 11.9 Å². The number of hydrogen-bond acceptors (Lipinski definition) is 2. The molecule has 1 amide bonds. The van der Waals surface area contributed by atoms with Gasteiger partial charge in [-0.2, -0.15) is 0 Å². The summed E-state index contributed by atoms with van der Waals surface area (Å²) in [5.41, 5.74) is 9.38. The van der Waals surface area contributed by atoms with E-state index in [2.05, 4.69) is 24.4 Å². The third-order valence-corrected chi connectivity index (χ3v) is 5.46. The Bertz CT molecular complexity index is 530. The molecule has 2 aliphatic rings. The lowest BCUT2D eigenvalue weighted by atomic mass is 9.70. The maximum absolute atomic E-state index is 12.7. The number of hydrogen-bond donors (Lipinski definition) is 2. The van der Waals surface area contributed by atoms with Gasteiger partial charge >= 0.3 is 0 Å². The highest BCUT2D eigenvalue weighted by atomic mass is 16.2. The van der Waals surface area contributed by atoms with Gasteiger partial charge in [0.25, 0.3) is 0 Å². The molecule has 0 unspecified atom stereocenters. The minimum atomic E-state index is -0.356. The number of anilines is 1. The monoisotopic (exact) mass is 286 g/mol. The quantitative estimate of drug-likeness (QED) is 0.896. The molecule has 0 saturated heterocycles. The molecule has 114 valence electrons. The average Bonchev–Trinajstić information content (AvgIpc) is 2.96. The van der Waals surface area contributed by atoms with Crippen LogP contribution in [0.15, 0.2) is 18.2 Å². The molecule has 1 aromatic rings. The molecule has 1 saturated carbocycles. The van der Waals surface area contributed by atoms with Gasteiger partial charge in [-0.1, -0.05) is 13.0 Å². The Morgan fingerprint density at radius 3 is 2.71 bits per heavy atom. The van der Waals surface area contributed by atoms with E-state index in [1.807, 2.05) is 6.07 Å². The topological polar surface area (TPSA) is 55.1 Å². The van der Waals surface area contributed by atoms with E-state index in [9.17, 15) is 4.79 Å². The number of benzene rings is 1. The van der Waals surface area contributed by atoms with Crippen LogP contribution in [-0.4, -0.2) is 12.5 Å². The lowest BCUT2D eigenvalue weighted by Crippen LogP contribution is -2.44. The third-order valence-electron chi connectivity index (χ3n) is 5.46. The summed E-state index contributed by atoms with van der Waals surface area (Å²) >= 11 is 0. The Balaban J connectivity index is 1.73. The fourth-order valence-corrected chi connectivity index (χ4v) is 3.75. The van der Waals surface area contributed by atoms with E-state index >= 15 is 0 Å². The Kier molecular flexibility index (Phi) is 4.03. The van der Waals surface area contributed by atoms with Gasteiger partial charge < -0.3 is 11.1 Å². The fraction of sp³-hybridized carbons (Fsp3) is 0.611. The van der Waals surface area contributed by atoms with Crippen LogP contribution in [0.5, 0.6) is 0 Å². The van der Waals surface area contributed by atoms with Gasteiger partial charge in [-0.25, -0.2) is 0 Å². The molecule has 0 heterocycles. The molecule has 3 heteroatoms. The van der Waals surface area contributed by atoms with Crippen LogP contribution in [0, 0.1) is 11.3 Å². The van der Waals surface area contributed by atoms with E-state index in [1.165, 1.54) is 24.0 Å². The Labute approximate surface area is 127 Å². The summed E-state index contributed by atoms with van der Waals surface area (Å²) in [5, 5.41) is 3.13. The summed E-state index contributed by atoms with van der Waals surface area (Å²) in [6.45, 7) is 2.72. The minimum Gasteiger partial charge on any atom is -0.329 e. The number of fused-ring (bicyclic) bond motifs is 1. The first-order valence-electron chi connectivity index (χ1n) is 8.26. The van der Waals surface area contributed by atoms with Crippen LogP contribution in [-0.2, 0) is 17.6 Å². The van der Waals surface area contributed by atoms with Crippen LogP contribution in [0.25, 0.3) is 0 Å². The van der Waals surface area contributed by atoms with Crippen LogP contribution in [0.3, 0.4) is 0 Å². The van der Waals surface area contributed by atoms with Gasteiger partial charge in [0.1, 0.15) is 0 Å². The highest BCUT2D eigenvalue weighted by Crippen LogP contribution is 2.39. The van der Waals surface area contributed by atoms with Gasteiger partial charge in [-0.15, -0.1) is 0 Å². The second-order valence-electron chi connectivity index (χ2n) is 6.96. The zero-order valence-electron chi connectivity index (χ0n) is 13.0. The largest absolute Gasteiger partial charge is 0.329 e. The van der Waals surface area contributed by atoms with Crippen LogP contribution >= 0.6 is 0 Å². The summed E-state index contributed by atoms with van der Waals surface area (Å²) in [6.07, 6.45) is 7.59. The molecular formula is C18H26N2O. The summed E-state index contributed by atoms with van der Waals surface area (Å²) in [4.78, 5) is 12.7. The molecule has 3 N–H and O–H groups in total. The SMILES string of the molecule is CC1CCC(CN)(C(=O)Nc2ccc3c(c2)CCC3)CC1. The van der Waals surface area contributed by atoms with Gasteiger partial charge in [0.05, 0.1) is 5.41 Å². The summed E-state index contributed by atoms with van der Waals surface area (Å²) in [7, 11) is 0. The van der Waals surface area contributed by atoms with Crippen molar-refractivity contribution < 1.29 is 4.79 Å². The van der Waals surface area contributed by atoms with Crippen molar-refractivity contribution in [2.45, 2.75) is 51.9 Å². The number of nitrogens with two attached hydrogens (primary N) is 1.